The quantitative estimate of drug-likeness (QED) is 0.401. The number of hydrogen-bond donors (Lipinski definition) is 2. The number of rotatable bonds is 2. The number of aliphatic hydroxyl groups excluding tert-OH is 1. The van der Waals surface area contributed by atoms with Crippen molar-refractivity contribution < 1.29 is 37.0 Å². The molecule has 8 heteroatoms. The topological polar surface area (TPSA) is 57.5 Å². The second-order valence-corrected chi connectivity index (χ2v) is 11.8. The van der Waals surface area contributed by atoms with Gasteiger partial charge in [-0.2, -0.15) is 22.0 Å². The molecule has 6 rings (SSSR count). The molecule has 0 radical (unpaired) electrons. The maximum absolute atomic E-state index is 15.0. The van der Waals surface area contributed by atoms with Crippen LogP contribution in [0.4, 0.5) is 22.0 Å². The minimum atomic E-state index is -5.89. The molecule has 194 valence electrons. The predicted octanol–water partition coefficient (Wildman–Crippen LogP) is 5.65. The van der Waals surface area contributed by atoms with Gasteiger partial charge in [-0.15, -0.1) is 0 Å². The lowest BCUT2D eigenvalue weighted by atomic mass is 9.39. The molecule has 2 fully saturated rings. The molecular formula is C28H29F5O3. The summed E-state index contributed by atoms with van der Waals surface area (Å²) in [5, 5.41) is 21.0. The van der Waals surface area contributed by atoms with Gasteiger partial charge in [-0.3, -0.25) is 4.79 Å². The first-order valence-corrected chi connectivity index (χ1v) is 12.6. The number of aliphatic hydroxyl groups is 2. The summed E-state index contributed by atoms with van der Waals surface area (Å²) in [5.74, 6) is -6.44. The van der Waals surface area contributed by atoms with E-state index in [1.54, 1.807) is 12.1 Å². The van der Waals surface area contributed by atoms with Crippen LogP contribution in [0.25, 0.3) is 0 Å². The Hall–Kier alpha value is -2.06. The normalized spacial score (nSPS) is 41.2. The number of halogens is 5. The molecule has 3 nitrogen and oxygen atoms in total. The van der Waals surface area contributed by atoms with E-state index >= 15 is 0 Å². The minimum absolute atomic E-state index is 0.0253. The summed E-state index contributed by atoms with van der Waals surface area (Å²) in [5.41, 5.74) is -1.84. The van der Waals surface area contributed by atoms with Gasteiger partial charge in [-0.05, 0) is 90.0 Å². The first-order chi connectivity index (χ1) is 16.8. The molecule has 5 aliphatic rings. The molecule has 2 N–H and O–H groups in total. The Labute approximate surface area is 206 Å². The molecule has 4 unspecified atom stereocenters. The Bertz CT molecular complexity index is 1200. The molecule has 5 aliphatic carbocycles. The smallest absolute Gasteiger partial charge is 0.392 e. The van der Waals surface area contributed by atoms with Gasteiger partial charge in [0.05, 0.1) is 6.61 Å². The van der Waals surface area contributed by atoms with Gasteiger partial charge in [-0.1, -0.05) is 36.8 Å². The van der Waals surface area contributed by atoms with Crippen LogP contribution in [0.1, 0.15) is 61.6 Å². The van der Waals surface area contributed by atoms with E-state index in [9.17, 15) is 37.0 Å². The van der Waals surface area contributed by atoms with Crippen LogP contribution in [0.15, 0.2) is 42.0 Å². The molecule has 7 atom stereocenters. The van der Waals surface area contributed by atoms with Gasteiger partial charge >= 0.3 is 12.1 Å². The highest BCUT2D eigenvalue weighted by Crippen LogP contribution is 2.73. The first-order valence-electron chi connectivity index (χ1n) is 12.6. The van der Waals surface area contributed by atoms with Crippen LogP contribution in [0.3, 0.4) is 0 Å². The molecule has 0 bridgehead atoms. The van der Waals surface area contributed by atoms with Gasteiger partial charge in [0.1, 0.15) is 0 Å². The lowest BCUT2D eigenvalue weighted by Gasteiger charge is -2.65. The van der Waals surface area contributed by atoms with Crippen LogP contribution < -0.4 is 0 Å². The molecule has 0 aliphatic heterocycles. The number of carbonyl (C=O) groups is 1. The molecule has 0 aromatic heterocycles. The van der Waals surface area contributed by atoms with Gasteiger partial charge in [-0.25, -0.2) is 0 Å². The van der Waals surface area contributed by atoms with E-state index < -0.39 is 29.0 Å². The van der Waals surface area contributed by atoms with Crippen molar-refractivity contribution in [1.82, 2.24) is 0 Å². The van der Waals surface area contributed by atoms with Crippen LogP contribution >= 0.6 is 0 Å². The Morgan fingerprint density at radius 1 is 1.14 bits per heavy atom. The van der Waals surface area contributed by atoms with E-state index in [0.29, 0.717) is 37.7 Å². The number of fused-ring (bicyclic) bond motifs is 4. The zero-order valence-electron chi connectivity index (χ0n) is 19.9. The summed E-state index contributed by atoms with van der Waals surface area (Å²) < 4.78 is 70.8. The number of benzene rings is 1. The lowest BCUT2D eigenvalue weighted by molar-refractivity contribution is -0.355. The highest BCUT2D eigenvalue weighted by atomic mass is 19.4. The summed E-state index contributed by atoms with van der Waals surface area (Å²) in [4.78, 5) is 12.4. The second-order valence-electron chi connectivity index (χ2n) is 11.8. The van der Waals surface area contributed by atoms with Gasteiger partial charge in [0.15, 0.2) is 11.4 Å². The van der Waals surface area contributed by atoms with Crippen molar-refractivity contribution in [1.29, 1.82) is 0 Å². The SMILES string of the molecule is C[C@]12C[C@@H]3c4ccc(CO)cc4CC45CCC(=O)C=C4CCC(C35)C1C=C[C@@]2(O)C(F)(F)C(F)(F)F. The van der Waals surface area contributed by atoms with Gasteiger partial charge in [0.2, 0.25) is 0 Å². The molecule has 0 amide bonds. The van der Waals surface area contributed by atoms with Gasteiger partial charge in [0, 0.05) is 11.8 Å². The van der Waals surface area contributed by atoms with E-state index in [1.165, 1.54) is 13.0 Å². The fourth-order valence-electron chi connectivity index (χ4n) is 8.92. The highest BCUT2D eigenvalue weighted by molar-refractivity contribution is 5.91. The monoisotopic (exact) mass is 508 g/mol. The predicted molar refractivity (Wildman–Crippen MR) is 121 cm³/mol. The number of alkyl halides is 5. The van der Waals surface area contributed by atoms with Crippen molar-refractivity contribution in [2.45, 2.75) is 75.7 Å². The van der Waals surface area contributed by atoms with Crippen molar-refractivity contribution in [2.24, 2.45) is 28.6 Å². The Morgan fingerprint density at radius 2 is 1.89 bits per heavy atom. The van der Waals surface area contributed by atoms with Crippen LogP contribution in [0.5, 0.6) is 0 Å². The Kier molecular flexibility index (Phi) is 4.91. The standard InChI is InChI=1S/C28H29F5O3/c1-24-13-21-19-4-2-15(14-34)10-16(19)12-25-8-6-18(35)11-17(25)3-5-20(23(21)25)22(24)7-9-26(24,36)27(29,30)28(31,32)33/h2,4,7,9-11,20-23,34,36H,3,5-6,8,12-14H2,1H3/t20?,21-,22?,23?,24+,25?,26+/m1/s1. The van der Waals surface area contributed by atoms with Gasteiger partial charge in [0.25, 0.3) is 0 Å². The van der Waals surface area contributed by atoms with Gasteiger partial charge < -0.3 is 10.2 Å². The third-order valence-electron chi connectivity index (χ3n) is 10.5. The maximum Gasteiger partial charge on any atom is 0.456 e. The molecule has 36 heavy (non-hydrogen) atoms. The minimum Gasteiger partial charge on any atom is -0.392 e. The highest BCUT2D eigenvalue weighted by Gasteiger charge is 2.79. The number of allylic oxidation sites excluding steroid dienone is 3. The van der Waals surface area contributed by atoms with Crippen LogP contribution in [-0.4, -0.2) is 33.7 Å². The lowest BCUT2D eigenvalue weighted by Crippen LogP contribution is -2.67. The maximum atomic E-state index is 15.0. The van der Waals surface area contributed by atoms with E-state index in [1.807, 2.05) is 12.1 Å². The van der Waals surface area contributed by atoms with Crippen LogP contribution in [0, 0.1) is 28.6 Å². The molecule has 0 heterocycles. The largest absolute Gasteiger partial charge is 0.456 e. The van der Waals surface area contributed by atoms with Crippen molar-refractivity contribution in [3.63, 3.8) is 0 Å². The van der Waals surface area contributed by atoms with E-state index in [-0.39, 0.29) is 42.0 Å². The summed E-state index contributed by atoms with van der Waals surface area (Å²) in [6.45, 7) is 1.23. The van der Waals surface area contributed by atoms with E-state index in [0.717, 1.165) is 22.8 Å². The van der Waals surface area contributed by atoms with E-state index in [2.05, 4.69) is 0 Å². The van der Waals surface area contributed by atoms with Crippen LogP contribution in [0.2, 0.25) is 0 Å². The number of carbonyl (C=O) groups excluding carboxylic acids is 1. The fourth-order valence-corrected chi connectivity index (χ4v) is 8.92. The molecular weight excluding hydrogens is 479 g/mol. The summed E-state index contributed by atoms with van der Waals surface area (Å²) >= 11 is 0. The summed E-state index contributed by atoms with van der Waals surface area (Å²) in [6.07, 6.45) is 0.774. The second kappa shape index (κ2) is 7.28. The number of ketones is 1. The van der Waals surface area contributed by atoms with Crippen molar-refractivity contribution in [3.05, 3.63) is 58.7 Å². The van der Waals surface area contributed by atoms with Crippen molar-refractivity contribution in [2.75, 3.05) is 0 Å². The molecule has 1 aromatic carbocycles. The zero-order valence-corrected chi connectivity index (χ0v) is 19.9. The fraction of sp³-hybridized carbons (Fsp3) is 0.607. The summed E-state index contributed by atoms with van der Waals surface area (Å²) in [7, 11) is 0. The first kappa shape index (κ1) is 24.3. The van der Waals surface area contributed by atoms with Crippen molar-refractivity contribution in [3.8, 4) is 0 Å². The zero-order chi connectivity index (χ0) is 25.9. The summed E-state index contributed by atoms with van der Waals surface area (Å²) in [6, 6.07) is 5.54. The van der Waals surface area contributed by atoms with E-state index in [4.69, 9.17) is 0 Å². The average molecular weight is 509 g/mol. The molecule has 1 spiro atoms. The molecule has 2 saturated carbocycles. The third kappa shape index (κ3) is 2.78. The Balaban J connectivity index is 1.55. The van der Waals surface area contributed by atoms with Crippen LogP contribution in [-0.2, 0) is 17.8 Å². The molecule has 1 aromatic rings. The molecule has 0 saturated heterocycles. The number of hydrogen-bond acceptors (Lipinski definition) is 3. The third-order valence-corrected chi connectivity index (χ3v) is 10.5. The Morgan fingerprint density at radius 3 is 2.58 bits per heavy atom. The average Bonchev–Trinajstić information content (AvgIpc) is 3.10. The van der Waals surface area contributed by atoms with Crippen molar-refractivity contribution >= 4 is 5.78 Å².